The van der Waals surface area contributed by atoms with Crippen LogP contribution < -0.4 is 9.46 Å². The zero-order valence-corrected chi connectivity index (χ0v) is 17.5. The van der Waals surface area contributed by atoms with Crippen molar-refractivity contribution in [2.45, 2.75) is 20.3 Å². The van der Waals surface area contributed by atoms with Gasteiger partial charge in [-0.1, -0.05) is 36.5 Å². The molecule has 1 N–H and O–H groups in total. The van der Waals surface area contributed by atoms with Gasteiger partial charge in [-0.15, -0.1) is 0 Å². The summed E-state index contributed by atoms with van der Waals surface area (Å²) in [4.78, 5) is 17.7. The fraction of sp³-hybridized carbons (Fsp3) is 0.300. The molecular weight excluding hydrogens is 382 g/mol. The molecule has 27 heavy (non-hydrogen) atoms. The highest BCUT2D eigenvalue weighted by molar-refractivity contribution is 8.00. The van der Waals surface area contributed by atoms with Crippen molar-refractivity contribution in [1.82, 2.24) is 4.90 Å². The number of ether oxygens (including phenoxy) is 1. The Morgan fingerprint density at radius 3 is 2.70 bits per heavy atom. The van der Waals surface area contributed by atoms with Crippen LogP contribution in [0.15, 0.2) is 35.3 Å². The molecule has 2 aromatic carbocycles. The Morgan fingerprint density at radius 2 is 2.04 bits per heavy atom. The molecule has 0 heterocycles. The van der Waals surface area contributed by atoms with Crippen LogP contribution in [0.3, 0.4) is 0 Å². The van der Waals surface area contributed by atoms with Gasteiger partial charge < -0.3 is 14.4 Å². The predicted octanol–water partition coefficient (Wildman–Crippen LogP) is 5.94. The molecule has 2 aromatic rings. The largest absolute Gasteiger partial charge is 0.455 e. The summed E-state index contributed by atoms with van der Waals surface area (Å²) in [6.07, 6.45) is 3.52. The minimum atomic E-state index is 0.495. The summed E-state index contributed by atoms with van der Waals surface area (Å²) < 4.78 is 9.25. The van der Waals surface area contributed by atoms with Crippen molar-refractivity contribution >= 4 is 47.5 Å². The zero-order chi connectivity index (χ0) is 19.8. The molecule has 0 fully saturated rings. The first kappa shape index (κ1) is 21.1. The molecule has 0 unspecified atom stereocenters. The van der Waals surface area contributed by atoms with Gasteiger partial charge >= 0.3 is 0 Å². The number of carbonyl (C=O) groups is 1. The Kier molecular flexibility index (Phi) is 8.00. The summed E-state index contributed by atoms with van der Waals surface area (Å²) >= 11 is 8.08. The topological polar surface area (TPSA) is 53.9 Å². The summed E-state index contributed by atoms with van der Waals surface area (Å²) in [7, 11) is 3.74. The number of nitrogens with zero attached hydrogens (tertiary/aromatic N) is 2. The van der Waals surface area contributed by atoms with E-state index < -0.39 is 0 Å². The van der Waals surface area contributed by atoms with Crippen LogP contribution in [0.4, 0.5) is 11.4 Å². The number of aliphatic imine (C=N–C) groups is 1. The van der Waals surface area contributed by atoms with E-state index in [9.17, 15) is 4.79 Å². The lowest BCUT2D eigenvalue weighted by molar-refractivity contribution is 0.112. The van der Waals surface area contributed by atoms with Gasteiger partial charge in [-0.3, -0.25) is 4.79 Å². The molecular formula is C20H24ClN3O2S. The van der Waals surface area contributed by atoms with E-state index >= 15 is 0 Å². The maximum Gasteiger partial charge on any atom is 0.152 e. The minimum absolute atomic E-state index is 0.495. The third kappa shape index (κ3) is 5.65. The first-order valence-electron chi connectivity index (χ1n) is 8.61. The molecule has 0 aliphatic heterocycles. The van der Waals surface area contributed by atoms with Gasteiger partial charge in [0.05, 0.1) is 17.7 Å². The van der Waals surface area contributed by atoms with E-state index in [4.69, 9.17) is 16.3 Å². The van der Waals surface area contributed by atoms with Crippen LogP contribution in [0.25, 0.3) is 0 Å². The van der Waals surface area contributed by atoms with Gasteiger partial charge in [0.1, 0.15) is 16.5 Å². The molecule has 0 aromatic heterocycles. The van der Waals surface area contributed by atoms with Crippen LogP contribution in [0.2, 0.25) is 5.02 Å². The van der Waals surface area contributed by atoms with Gasteiger partial charge in [-0.05, 0) is 37.6 Å². The van der Waals surface area contributed by atoms with Gasteiger partial charge in [0.2, 0.25) is 0 Å². The second-order valence-corrected chi connectivity index (χ2v) is 7.40. The second-order valence-electron chi connectivity index (χ2n) is 6.12. The number of nitrogens with one attached hydrogen (secondary N) is 1. The third-order valence-electron chi connectivity index (χ3n) is 3.66. The number of rotatable bonds is 9. The van der Waals surface area contributed by atoms with Gasteiger partial charge in [0, 0.05) is 31.0 Å². The number of benzene rings is 2. The lowest BCUT2D eigenvalue weighted by atomic mass is 10.1. The molecule has 0 radical (unpaired) electrons. The van der Waals surface area contributed by atoms with Gasteiger partial charge in [-0.2, -0.15) is 0 Å². The number of aldehydes is 1. The van der Waals surface area contributed by atoms with Crippen LogP contribution in [0.5, 0.6) is 11.5 Å². The number of hydrogen-bond acceptors (Lipinski definition) is 5. The number of anilines is 1. The Bertz CT molecular complexity index is 825. The Hall–Kier alpha value is -2.18. The SMILES string of the molecule is CCCSNc1cccc(Oc2ccc(/N=C\N(C)C)c(C=O)c2C)c1Cl. The molecule has 0 aliphatic carbocycles. The first-order valence-corrected chi connectivity index (χ1v) is 9.97. The van der Waals surface area contributed by atoms with Crippen LogP contribution in [-0.2, 0) is 0 Å². The average molecular weight is 406 g/mol. The molecule has 0 atom stereocenters. The summed E-state index contributed by atoms with van der Waals surface area (Å²) in [5.41, 5.74) is 2.61. The highest BCUT2D eigenvalue weighted by Gasteiger charge is 2.13. The van der Waals surface area contributed by atoms with E-state index in [0.717, 1.165) is 24.1 Å². The number of hydrogen-bond donors (Lipinski definition) is 1. The van der Waals surface area contributed by atoms with Gasteiger partial charge in [0.15, 0.2) is 6.29 Å². The summed E-state index contributed by atoms with van der Waals surface area (Å²) in [5, 5.41) is 0.503. The van der Waals surface area contributed by atoms with E-state index in [1.807, 2.05) is 38.1 Å². The maximum atomic E-state index is 11.6. The van der Waals surface area contributed by atoms with Crippen molar-refractivity contribution in [1.29, 1.82) is 0 Å². The van der Waals surface area contributed by atoms with Crippen molar-refractivity contribution in [2.24, 2.45) is 4.99 Å². The highest BCUT2D eigenvalue weighted by atomic mass is 35.5. The van der Waals surface area contributed by atoms with E-state index in [1.54, 1.807) is 36.5 Å². The van der Waals surface area contributed by atoms with Crippen molar-refractivity contribution in [3.8, 4) is 11.5 Å². The van der Waals surface area contributed by atoms with Crippen LogP contribution >= 0.6 is 23.5 Å². The average Bonchev–Trinajstić information content (AvgIpc) is 2.64. The van der Waals surface area contributed by atoms with Crippen molar-refractivity contribution < 1.29 is 9.53 Å². The molecule has 2 rings (SSSR count). The van der Waals surface area contributed by atoms with Crippen LogP contribution in [0.1, 0.15) is 29.3 Å². The Labute approximate surface area is 169 Å². The van der Waals surface area contributed by atoms with E-state index in [-0.39, 0.29) is 0 Å². The smallest absolute Gasteiger partial charge is 0.152 e. The lowest BCUT2D eigenvalue weighted by Crippen LogP contribution is -2.07. The fourth-order valence-corrected chi connectivity index (χ4v) is 3.16. The first-order chi connectivity index (χ1) is 13.0. The zero-order valence-electron chi connectivity index (χ0n) is 16.0. The monoisotopic (exact) mass is 405 g/mol. The summed E-state index contributed by atoms with van der Waals surface area (Å²) in [5.74, 6) is 2.09. The molecule has 0 amide bonds. The standard InChI is InChI=1S/C20H24ClN3O2S/c1-5-11-27-23-17-7-6-8-19(20(17)21)26-18-10-9-16(22-13-24(3)4)15(12-25)14(18)2/h6-10,12-13,23H,5,11H2,1-4H3/b22-13-. The van der Waals surface area contributed by atoms with Crippen LogP contribution in [0, 0.1) is 6.92 Å². The maximum absolute atomic E-state index is 11.6. The summed E-state index contributed by atoms with van der Waals surface area (Å²) in [6, 6.07) is 9.14. The molecule has 0 spiro atoms. The normalized spacial score (nSPS) is 10.9. The predicted molar refractivity (Wildman–Crippen MR) is 116 cm³/mol. The Morgan fingerprint density at radius 1 is 1.26 bits per heavy atom. The highest BCUT2D eigenvalue weighted by Crippen LogP contribution is 2.38. The van der Waals surface area contributed by atoms with E-state index in [2.05, 4.69) is 16.6 Å². The summed E-state index contributed by atoms with van der Waals surface area (Å²) in [6.45, 7) is 3.95. The number of halogens is 1. The minimum Gasteiger partial charge on any atom is -0.455 e. The molecule has 5 nitrogen and oxygen atoms in total. The van der Waals surface area contributed by atoms with Crippen LogP contribution in [-0.4, -0.2) is 37.4 Å². The quantitative estimate of drug-likeness (QED) is 0.184. The molecule has 0 saturated heterocycles. The molecule has 7 heteroatoms. The Balaban J connectivity index is 2.30. The third-order valence-corrected chi connectivity index (χ3v) is 5.03. The molecule has 0 saturated carbocycles. The van der Waals surface area contributed by atoms with Gasteiger partial charge in [0.25, 0.3) is 0 Å². The van der Waals surface area contributed by atoms with Crippen molar-refractivity contribution in [3.63, 3.8) is 0 Å². The van der Waals surface area contributed by atoms with Crippen molar-refractivity contribution in [2.75, 3.05) is 24.6 Å². The van der Waals surface area contributed by atoms with Crippen molar-refractivity contribution in [3.05, 3.63) is 46.5 Å². The number of carbonyl (C=O) groups excluding carboxylic acids is 1. The molecule has 0 aliphatic rings. The fourth-order valence-electron chi connectivity index (χ4n) is 2.26. The second kappa shape index (κ2) is 10.2. The lowest BCUT2D eigenvalue weighted by Gasteiger charge is -2.15. The van der Waals surface area contributed by atoms with Gasteiger partial charge in [-0.25, -0.2) is 4.99 Å². The van der Waals surface area contributed by atoms with E-state index in [0.29, 0.717) is 33.3 Å². The van der Waals surface area contributed by atoms with E-state index in [1.165, 1.54) is 0 Å². The molecule has 0 bridgehead atoms. The molecule has 144 valence electrons.